The van der Waals surface area contributed by atoms with Crippen LogP contribution < -0.4 is 4.74 Å². The summed E-state index contributed by atoms with van der Waals surface area (Å²) in [5.41, 5.74) is 3.86. The molecular formula is C29H40O2. The Morgan fingerprint density at radius 3 is 2.52 bits per heavy atom. The van der Waals surface area contributed by atoms with Crippen LogP contribution >= 0.6 is 0 Å². The van der Waals surface area contributed by atoms with Gasteiger partial charge in [-0.2, -0.15) is 0 Å². The Labute approximate surface area is 189 Å². The smallest absolute Gasteiger partial charge is 0.133 e. The first-order chi connectivity index (χ1) is 15.0. The summed E-state index contributed by atoms with van der Waals surface area (Å²) in [7, 11) is 0. The van der Waals surface area contributed by atoms with Gasteiger partial charge in [0.25, 0.3) is 0 Å². The second kappa shape index (κ2) is 11.5. The molecule has 0 saturated heterocycles. The van der Waals surface area contributed by atoms with E-state index < -0.39 is 0 Å². The van der Waals surface area contributed by atoms with Crippen LogP contribution in [0.3, 0.4) is 0 Å². The van der Waals surface area contributed by atoms with E-state index in [4.69, 9.17) is 4.74 Å². The molecule has 0 heterocycles. The van der Waals surface area contributed by atoms with E-state index in [-0.39, 0.29) is 5.41 Å². The lowest BCUT2D eigenvalue weighted by atomic mass is 9.77. The minimum Gasteiger partial charge on any atom is -0.489 e. The molecule has 1 unspecified atom stereocenters. The summed E-state index contributed by atoms with van der Waals surface area (Å²) in [5, 5.41) is 0. The monoisotopic (exact) mass is 420 g/mol. The van der Waals surface area contributed by atoms with Gasteiger partial charge in [0, 0.05) is 12.8 Å². The highest BCUT2D eigenvalue weighted by molar-refractivity contribution is 5.80. The molecule has 1 atom stereocenters. The zero-order chi connectivity index (χ0) is 22.1. The molecule has 1 saturated carbocycles. The van der Waals surface area contributed by atoms with Crippen LogP contribution in [0.4, 0.5) is 0 Å². The van der Waals surface area contributed by atoms with Crippen LogP contribution in [-0.4, -0.2) is 5.78 Å². The van der Waals surface area contributed by atoms with Crippen LogP contribution in [0.1, 0.15) is 108 Å². The molecule has 1 aliphatic carbocycles. The van der Waals surface area contributed by atoms with Crippen LogP contribution in [0, 0.1) is 0 Å². The Balaban J connectivity index is 1.78. The number of rotatable bonds is 11. The summed E-state index contributed by atoms with van der Waals surface area (Å²) < 4.78 is 6.39. The quantitative estimate of drug-likeness (QED) is 0.343. The Hall–Kier alpha value is -2.09. The third kappa shape index (κ3) is 6.95. The van der Waals surface area contributed by atoms with Gasteiger partial charge in [-0.1, -0.05) is 95.3 Å². The minimum absolute atomic E-state index is 0.123. The highest BCUT2D eigenvalue weighted by atomic mass is 16.5. The number of ether oxygens (including phenoxy) is 1. The summed E-state index contributed by atoms with van der Waals surface area (Å²) in [4.78, 5) is 12.1. The van der Waals surface area contributed by atoms with Gasteiger partial charge in [-0.15, -0.1) is 0 Å². The molecule has 1 fully saturated rings. The van der Waals surface area contributed by atoms with Crippen LogP contribution in [0.2, 0.25) is 0 Å². The zero-order valence-corrected chi connectivity index (χ0v) is 19.8. The number of carbonyl (C=O) groups excluding carboxylic acids is 1. The van der Waals surface area contributed by atoms with Crippen LogP contribution in [0.25, 0.3) is 0 Å². The Kier molecular flexibility index (Phi) is 8.75. The maximum Gasteiger partial charge on any atom is 0.133 e. The predicted octanol–water partition coefficient (Wildman–Crippen LogP) is 8.13. The molecule has 0 amide bonds. The molecule has 3 rings (SSSR count). The van der Waals surface area contributed by atoms with Crippen molar-refractivity contribution in [1.29, 1.82) is 0 Å². The normalized spacial score (nSPS) is 17.0. The molecule has 0 aliphatic heterocycles. The highest BCUT2D eigenvalue weighted by Gasteiger charge is 2.26. The van der Waals surface area contributed by atoms with E-state index in [9.17, 15) is 4.79 Å². The van der Waals surface area contributed by atoms with Crippen molar-refractivity contribution in [2.24, 2.45) is 0 Å². The largest absolute Gasteiger partial charge is 0.489 e. The Morgan fingerprint density at radius 1 is 1.00 bits per heavy atom. The van der Waals surface area contributed by atoms with E-state index in [0.29, 0.717) is 24.7 Å². The van der Waals surface area contributed by atoms with Crippen molar-refractivity contribution in [2.75, 3.05) is 0 Å². The molecule has 0 aromatic heterocycles. The van der Waals surface area contributed by atoms with E-state index in [0.717, 1.165) is 25.0 Å². The fourth-order valence-electron chi connectivity index (χ4n) is 4.76. The van der Waals surface area contributed by atoms with E-state index in [1.54, 1.807) is 0 Å². The summed E-state index contributed by atoms with van der Waals surface area (Å²) in [6.07, 6.45) is 11.2. The highest BCUT2D eigenvalue weighted by Crippen LogP contribution is 2.40. The van der Waals surface area contributed by atoms with Crippen molar-refractivity contribution in [3.05, 3.63) is 65.2 Å². The van der Waals surface area contributed by atoms with Gasteiger partial charge < -0.3 is 4.74 Å². The molecule has 0 radical (unpaired) electrons. The Morgan fingerprint density at radius 2 is 1.77 bits per heavy atom. The SMILES string of the molecule is CCCCCCCC(C)(C)c1ccc(C2CCCC(=O)C2)c(OCc2ccccc2)c1. The predicted molar refractivity (Wildman–Crippen MR) is 130 cm³/mol. The molecule has 0 spiro atoms. The first kappa shape index (κ1) is 23.6. The lowest BCUT2D eigenvalue weighted by Crippen LogP contribution is -2.19. The molecule has 2 heteroatoms. The molecule has 2 aromatic carbocycles. The van der Waals surface area contributed by atoms with Crippen molar-refractivity contribution in [3.8, 4) is 5.75 Å². The third-order valence-electron chi connectivity index (χ3n) is 6.86. The third-order valence-corrected chi connectivity index (χ3v) is 6.86. The number of benzene rings is 2. The van der Waals surface area contributed by atoms with Crippen molar-refractivity contribution in [3.63, 3.8) is 0 Å². The second-order valence-electron chi connectivity index (χ2n) is 9.91. The van der Waals surface area contributed by atoms with Crippen LogP contribution in [0.5, 0.6) is 5.75 Å². The van der Waals surface area contributed by atoms with Gasteiger partial charge in [-0.05, 0) is 53.4 Å². The summed E-state index contributed by atoms with van der Waals surface area (Å²) in [6.45, 7) is 7.54. The number of carbonyl (C=O) groups is 1. The lowest BCUT2D eigenvalue weighted by molar-refractivity contribution is -0.120. The number of hydrogen-bond acceptors (Lipinski definition) is 2. The van der Waals surface area contributed by atoms with E-state index in [2.05, 4.69) is 63.2 Å². The van der Waals surface area contributed by atoms with E-state index in [1.165, 1.54) is 55.2 Å². The zero-order valence-electron chi connectivity index (χ0n) is 19.8. The van der Waals surface area contributed by atoms with Crippen molar-refractivity contribution < 1.29 is 9.53 Å². The first-order valence-electron chi connectivity index (χ1n) is 12.3. The molecule has 2 aromatic rings. The summed E-state index contributed by atoms with van der Waals surface area (Å²) in [6, 6.07) is 17.2. The number of ketones is 1. The van der Waals surface area contributed by atoms with Crippen molar-refractivity contribution >= 4 is 5.78 Å². The molecule has 2 nitrogen and oxygen atoms in total. The maximum atomic E-state index is 12.1. The van der Waals surface area contributed by atoms with Gasteiger partial charge >= 0.3 is 0 Å². The van der Waals surface area contributed by atoms with Gasteiger partial charge in [0.15, 0.2) is 0 Å². The Bertz CT molecular complexity index is 822. The average molecular weight is 421 g/mol. The van der Waals surface area contributed by atoms with Gasteiger partial charge in [0.2, 0.25) is 0 Å². The van der Waals surface area contributed by atoms with Crippen molar-refractivity contribution in [2.45, 2.75) is 103 Å². The average Bonchev–Trinajstić information content (AvgIpc) is 2.78. The van der Waals surface area contributed by atoms with Gasteiger partial charge in [-0.25, -0.2) is 0 Å². The van der Waals surface area contributed by atoms with Gasteiger partial charge in [-0.3, -0.25) is 4.79 Å². The fraction of sp³-hybridized carbons (Fsp3) is 0.552. The molecule has 168 valence electrons. The van der Waals surface area contributed by atoms with Crippen molar-refractivity contribution in [1.82, 2.24) is 0 Å². The standard InChI is InChI=1S/C29H40O2/c1-4-5-6-7-11-19-29(2,3)25-17-18-27(24-15-12-16-26(30)20-24)28(21-25)31-22-23-13-9-8-10-14-23/h8-10,13-14,17-18,21,24H,4-7,11-12,15-16,19-20,22H2,1-3H3. The molecule has 31 heavy (non-hydrogen) atoms. The summed E-state index contributed by atoms with van der Waals surface area (Å²) >= 11 is 0. The number of unbranched alkanes of at least 4 members (excludes halogenated alkanes) is 4. The molecule has 0 bridgehead atoms. The fourth-order valence-corrected chi connectivity index (χ4v) is 4.76. The van der Waals surface area contributed by atoms with Crippen LogP contribution in [-0.2, 0) is 16.8 Å². The lowest BCUT2D eigenvalue weighted by Gasteiger charge is -2.29. The van der Waals surface area contributed by atoms with Gasteiger partial charge in [0.05, 0.1) is 0 Å². The van der Waals surface area contributed by atoms with Crippen LogP contribution in [0.15, 0.2) is 48.5 Å². The van der Waals surface area contributed by atoms with Gasteiger partial charge in [0.1, 0.15) is 18.1 Å². The maximum absolute atomic E-state index is 12.1. The molecular weight excluding hydrogens is 380 g/mol. The molecule has 0 N–H and O–H groups in total. The van der Waals surface area contributed by atoms with E-state index in [1.807, 2.05) is 6.07 Å². The number of hydrogen-bond donors (Lipinski definition) is 0. The second-order valence-corrected chi connectivity index (χ2v) is 9.91. The summed E-state index contributed by atoms with van der Waals surface area (Å²) in [5.74, 6) is 1.65. The first-order valence-corrected chi connectivity index (χ1v) is 12.3. The van der Waals surface area contributed by atoms with E-state index >= 15 is 0 Å². The topological polar surface area (TPSA) is 26.3 Å². The minimum atomic E-state index is 0.123. The molecule has 1 aliphatic rings. The number of Topliss-reactive ketones (excluding diaryl/α,β-unsaturated/α-hetero) is 1.